The third-order valence-electron chi connectivity index (χ3n) is 8.18. The van der Waals surface area contributed by atoms with E-state index in [9.17, 15) is 14.4 Å². The summed E-state index contributed by atoms with van der Waals surface area (Å²) in [4.78, 5) is 42.9. The van der Waals surface area contributed by atoms with E-state index in [1.807, 2.05) is 30.3 Å². The van der Waals surface area contributed by atoms with Gasteiger partial charge in [-0.25, -0.2) is 0 Å². The quantitative estimate of drug-likeness (QED) is 0.637. The normalized spacial score (nSPS) is 24.0. The van der Waals surface area contributed by atoms with Gasteiger partial charge in [0.1, 0.15) is 12.4 Å². The molecule has 0 unspecified atom stereocenters. The maximum Gasteiger partial charge on any atom is 0.254 e. The summed E-state index contributed by atoms with van der Waals surface area (Å²) in [5.74, 6) is 1.57. The molecule has 3 amide bonds. The van der Waals surface area contributed by atoms with Crippen LogP contribution in [-0.2, 0) is 20.7 Å². The zero-order valence-electron chi connectivity index (χ0n) is 22.1. The molecule has 2 atom stereocenters. The highest BCUT2D eigenvalue weighted by Gasteiger charge is 2.53. The van der Waals surface area contributed by atoms with Gasteiger partial charge < -0.3 is 34.1 Å². The van der Waals surface area contributed by atoms with Crippen molar-refractivity contribution in [3.63, 3.8) is 0 Å². The summed E-state index contributed by atoms with van der Waals surface area (Å²) in [5.41, 5.74) is 2.02. The Morgan fingerprint density at radius 3 is 2.85 bits per heavy atom. The van der Waals surface area contributed by atoms with E-state index in [1.165, 1.54) is 7.11 Å². The van der Waals surface area contributed by atoms with E-state index < -0.39 is 5.41 Å². The Morgan fingerprint density at radius 1 is 1.10 bits per heavy atom. The molecule has 10 heteroatoms. The average Bonchev–Trinajstić information content (AvgIpc) is 3.58. The molecule has 2 aromatic rings. The van der Waals surface area contributed by atoms with Gasteiger partial charge in [0.05, 0.1) is 26.4 Å². The fourth-order valence-corrected chi connectivity index (χ4v) is 6.17. The van der Waals surface area contributed by atoms with Gasteiger partial charge in [0.2, 0.25) is 11.8 Å². The Kier molecular flexibility index (Phi) is 6.80. The van der Waals surface area contributed by atoms with Gasteiger partial charge in [-0.2, -0.15) is 0 Å². The molecule has 5 heterocycles. The highest BCUT2D eigenvalue weighted by molar-refractivity contribution is 5.97. The van der Waals surface area contributed by atoms with Crippen molar-refractivity contribution in [2.24, 2.45) is 5.41 Å². The van der Waals surface area contributed by atoms with Crippen LogP contribution in [-0.4, -0.2) is 93.8 Å². The van der Waals surface area contributed by atoms with Gasteiger partial charge in [-0.15, -0.1) is 0 Å². The standard InChI is InChI=1S/C29H33N3O7/c1-36-15-26(34)32-13-22-21-4-2-5-24-27(21)39-18-29(22,17-32)16-30-25(33)14-31(9-3-10-37-24)28(35)20-6-7-23-19(12-20)8-11-38-23/h2,4-7,12,22H,3,8-11,13-18H2,1H3,(H,30,33)/t22-,29+/m0/s1. The maximum absolute atomic E-state index is 13.5. The Balaban J connectivity index is 1.27. The number of fused-ring (bicyclic) bond motifs is 10. The van der Waals surface area contributed by atoms with Crippen molar-refractivity contribution in [3.8, 4) is 17.2 Å². The molecule has 4 bridgehead atoms. The molecule has 0 saturated carbocycles. The Hall–Kier alpha value is -3.79. The van der Waals surface area contributed by atoms with Crippen LogP contribution >= 0.6 is 0 Å². The second-order valence-corrected chi connectivity index (χ2v) is 10.7. The second-order valence-electron chi connectivity index (χ2n) is 10.7. The number of benzene rings is 2. The van der Waals surface area contributed by atoms with E-state index in [1.54, 1.807) is 15.9 Å². The fourth-order valence-electron chi connectivity index (χ4n) is 6.17. The van der Waals surface area contributed by atoms with Crippen molar-refractivity contribution in [2.75, 3.05) is 66.3 Å². The first-order valence-corrected chi connectivity index (χ1v) is 13.4. The Labute approximate surface area is 227 Å². The van der Waals surface area contributed by atoms with Crippen molar-refractivity contribution in [3.05, 3.63) is 53.1 Å². The summed E-state index contributed by atoms with van der Waals surface area (Å²) in [6.07, 6.45) is 1.31. The number of rotatable bonds is 3. The van der Waals surface area contributed by atoms with Crippen molar-refractivity contribution >= 4 is 17.7 Å². The van der Waals surface area contributed by atoms with Crippen LogP contribution in [0.25, 0.3) is 0 Å². The first-order chi connectivity index (χ1) is 19.0. The number of para-hydroxylation sites is 1. The third kappa shape index (κ3) is 4.78. The zero-order chi connectivity index (χ0) is 27.0. The van der Waals surface area contributed by atoms with Crippen LogP contribution < -0.4 is 19.5 Å². The predicted octanol–water partition coefficient (Wildman–Crippen LogP) is 1.61. The molecule has 206 valence electrons. The molecule has 5 aliphatic heterocycles. The number of amides is 3. The molecule has 5 aliphatic rings. The molecule has 2 aromatic carbocycles. The van der Waals surface area contributed by atoms with Crippen LogP contribution in [0.4, 0.5) is 0 Å². The number of methoxy groups -OCH3 is 1. The molecule has 10 nitrogen and oxygen atoms in total. The largest absolute Gasteiger partial charge is 0.493 e. The number of nitrogens with one attached hydrogen (secondary N) is 1. The summed E-state index contributed by atoms with van der Waals surface area (Å²) in [7, 11) is 1.50. The van der Waals surface area contributed by atoms with Crippen LogP contribution in [0.2, 0.25) is 0 Å². The molecule has 1 fully saturated rings. The first kappa shape index (κ1) is 25.5. The predicted molar refractivity (Wildman–Crippen MR) is 140 cm³/mol. The van der Waals surface area contributed by atoms with E-state index in [0.717, 1.165) is 23.3 Å². The molecule has 1 spiro atoms. The lowest BCUT2D eigenvalue weighted by Crippen LogP contribution is -2.50. The molecule has 0 aliphatic carbocycles. The summed E-state index contributed by atoms with van der Waals surface area (Å²) >= 11 is 0. The minimum Gasteiger partial charge on any atom is -0.493 e. The number of ether oxygens (including phenoxy) is 4. The summed E-state index contributed by atoms with van der Waals surface area (Å²) < 4.78 is 23.1. The molecular weight excluding hydrogens is 502 g/mol. The van der Waals surface area contributed by atoms with E-state index in [4.69, 9.17) is 18.9 Å². The lowest BCUT2D eigenvalue weighted by Gasteiger charge is -2.40. The molecule has 39 heavy (non-hydrogen) atoms. The number of hydrogen-bond donors (Lipinski definition) is 1. The Bertz CT molecular complexity index is 1300. The van der Waals surface area contributed by atoms with E-state index in [0.29, 0.717) is 69.5 Å². The SMILES string of the molecule is COCC(=O)N1C[C@H]2c3cccc4c3OC[C@@]2(CNC(=O)CN(C(=O)c2ccc3c(c2)CCO3)CCCO4)C1. The lowest BCUT2D eigenvalue weighted by molar-refractivity contribution is -0.134. The zero-order valence-corrected chi connectivity index (χ0v) is 22.1. The van der Waals surface area contributed by atoms with Crippen LogP contribution in [0.3, 0.4) is 0 Å². The van der Waals surface area contributed by atoms with E-state index in [2.05, 4.69) is 5.32 Å². The topological polar surface area (TPSA) is 107 Å². The van der Waals surface area contributed by atoms with Gasteiger partial charge in [-0.1, -0.05) is 12.1 Å². The van der Waals surface area contributed by atoms with Gasteiger partial charge in [-0.05, 0) is 36.2 Å². The number of carbonyl (C=O) groups is 3. The van der Waals surface area contributed by atoms with Crippen molar-refractivity contribution in [1.29, 1.82) is 0 Å². The first-order valence-electron chi connectivity index (χ1n) is 13.4. The van der Waals surface area contributed by atoms with Crippen LogP contribution in [0.5, 0.6) is 17.2 Å². The molecule has 0 aromatic heterocycles. The van der Waals surface area contributed by atoms with Crippen LogP contribution in [0.15, 0.2) is 36.4 Å². The van der Waals surface area contributed by atoms with Crippen LogP contribution in [0, 0.1) is 5.41 Å². The van der Waals surface area contributed by atoms with Crippen molar-refractivity contribution in [2.45, 2.75) is 18.8 Å². The molecule has 1 N–H and O–H groups in total. The summed E-state index contributed by atoms with van der Waals surface area (Å²) in [5, 5.41) is 3.07. The summed E-state index contributed by atoms with van der Waals surface area (Å²) in [6.45, 7) is 2.85. The van der Waals surface area contributed by atoms with Crippen molar-refractivity contribution < 1.29 is 33.3 Å². The molecule has 1 saturated heterocycles. The van der Waals surface area contributed by atoms with Gasteiger partial charge in [0.15, 0.2) is 11.5 Å². The van der Waals surface area contributed by atoms with E-state index in [-0.39, 0.29) is 36.8 Å². The van der Waals surface area contributed by atoms with E-state index >= 15 is 0 Å². The monoisotopic (exact) mass is 535 g/mol. The van der Waals surface area contributed by atoms with Gasteiger partial charge in [-0.3, -0.25) is 14.4 Å². The highest BCUT2D eigenvalue weighted by Crippen LogP contribution is 2.52. The number of carbonyl (C=O) groups excluding carboxylic acids is 3. The van der Waals surface area contributed by atoms with Gasteiger partial charge in [0.25, 0.3) is 5.91 Å². The lowest BCUT2D eigenvalue weighted by atomic mass is 9.73. The smallest absolute Gasteiger partial charge is 0.254 e. The summed E-state index contributed by atoms with van der Waals surface area (Å²) in [6, 6.07) is 11.3. The fraction of sp³-hybridized carbons (Fsp3) is 0.483. The van der Waals surface area contributed by atoms with Gasteiger partial charge >= 0.3 is 0 Å². The Morgan fingerprint density at radius 2 is 1.97 bits per heavy atom. The molecule has 0 radical (unpaired) electrons. The third-order valence-corrected chi connectivity index (χ3v) is 8.18. The highest BCUT2D eigenvalue weighted by atomic mass is 16.5. The number of hydrogen-bond acceptors (Lipinski definition) is 7. The van der Waals surface area contributed by atoms with Crippen molar-refractivity contribution in [1.82, 2.24) is 15.1 Å². The minimum absolute atomic E-state index is 0.00207. The van der Waals surface area contributed by atoms with Crippen LogP contribution in [0.1, 0.15) is 33.8 Å². The average molecular weight is 536 g/mol. The van der Waals surface area contributed by atoms with Gasteiger partial charge in [0, 0.05) is 62.2 Å². The number of nitrogens with zero attached hydrogens (tertiary/aromatic N) is 2. The minimum atomic E-state index is -0.510. The maximum atomic E-state index is 13.5. The second kappa shape index (κ2) is 10.4. The molecule has 7 rings (SSSR count). The molecular formula is C29H33N3O7. The number of likely N-dealkylation sites (tertiary alicyclic amines) is 1.